The van der Waals surface area contributed by atoms with Crippen molar-refractivity contribution < 1.29 is 8.42 Å². The fraction of sp³-hybridized carbons (Fsp3) is 0.600. The van der Waals surface area contributed by atoms with E-state index in [2.05, 4.69) is 0 Å². The number of hydrogen-bond acceptors (Lipinski definition) is 3. The number of rotatable bonds is 2. The van der Waals surface area contributed by atoms with Gasteiger partial charge in [0, 0.05) is 13.1 Å². The number of sulfonamides is 1. The van der Waals surface area contributed by atoms with Crippen LogP contribution in [0.4, 0.5) is 5.69 Å². The van der Waals surface area contributed by atoms with Gasteiger partial charge in [0.05, 0.1) is 5.69 Å². The Bertz CT molecular complexity index is 585. The summed E-state index contributed by atoms with van der Waals surface area (Å²) in [5.74, 6) is 1.26. The van der Waals surface area contributed by atoms with Crippen LogP contribution in [0.2, 0.25) is 0 Å². The molecular weight excluding hydrogens is 272 g/mol. The van der Waals surface area contributed by atoms with Crippen molar-refractivity contribution in [3.63, 3.8) is 0 Å². The van der Waals surface area contributed by atoms with Gasteiger partial charge < -0.3 is 5.73 Å². The molecule has 1 aliphatic carbocycles. The first-order valence-electron chi connectivity index (χ1n) is 7.43. The first-order chi connectivity index (χ1) is 9.59. The Labute approximate surface area is 121 Å². The van der Waals surface area contributed by atoms with E-state index in [4.69, 9.17) is 5.73 Å². The second-order valence-electron chi connectivity index (χ2n) is 5.99. The molecule has 0 bridgehead atoms. The second kappa shape index (κ2) is 5.37. The molecule has 2 fully saturated rings. The summed E-state index contributed by atoms with van der Waals surface area (Å²) in [5.41, 5.74) is 6.18. The minimum absolute atomic E-state index is 0.259. The SMILES string of the molecule is Nc1ccccc1S(=O)(=O)N1CCC2CCCCC2C1. The van der Waals surface area contributed by atoms with Crippen LogP contribution in [-0.2, 0) is 10.0 Å². The zero-order valence-electron chi connectivity index (χ0n) is 11.7. The van der Waals surface area contributed by atoms with E-state index in [0.717, 1.165) is 12.3 Å². The van der Waals surface area contributed by atoms with Gasteiger partial charge in [0.2, 0.25) is 10.0 Å². The number of benzene rings is 1. The summed E-state index contributed by atoms with van der Waals surface area (Å²) in [7, 11) is -3.43. The van der Waals surface area contributed by atoms with E-state index in [1.54, 1.807) is 28.6 Å². The Morgan fingerprint density at radius 3 is 2.50 bits per heavy atom. The lowest BCUT2D eigenvalue weighted by atomic mass is 9.76. The van der Waals surface area contributed by atoms with Gasteiger partial charge in [0.15, 0.2) is 0 Å². The molecule has 2 unspecified atom stereocenters. The molecular formula is C15H22N2O2S. The third kappa shape index (κ3) is 2.44. The van der Waals surface area contributed by atoms with E-state index in [1.165, 1.54) is 25.7 Å². The van der Waals surface area contributed by atoms with Gasteiger partial charge in [-0.2, -0.15) is 4.31 Å². The quantitative estimate of drug-likeness (QED) is 0.852. The Morgan fingerprint density at radius 2 is 1.75 bits per heavy atom. The number of nitrogen functional groups attached to an aromatic ring is 1. The van der Waals surface area contributed by atoms with Gasteiger partial charge in [-0.15, -0.1) is 0 Å². The maximum absolute atomic E-state index is 12.7. The van der Waals surface area contributed by atoms with Crippen molar-refractivity contribution in [1.82, 2.24) is 4.31 Å². The van der Waals surface area contributed by atoms with Gasteiger partial charge in [-0.05, 0) is 36.8 Å². The zero-order chi connectivity index (χ0) is 14.2. The van der Waals surface area contributed by atoms with Crippen LogP contribution in [0.1, 0.15) is 32.1 Å². The highest BCUT2D eigenvalue weighted by Gasteiger charge is 2.36. The summed E-state index contributed by atoms with van der Waals surface area (Å²) < 4.78 is 27.1. The lowest BCUT2D eigenvalue weighted by Crippen LogP contribution is -2.44. The lowest BCUT2D eigenvalue weighted by Gasteiger charge is -2.40. The molecule has 2 atom stereocenters. The predicted molar refractivity (Wildman–Crippen MR) is 79.7 cm³/mol. The number of fused-ring (bicyclic) bond motifs is 1. The van der Waals surface area contributed by atoms with E-state index in [0.29, 0.717) is 24.7 Å². The van der Waals surface area contributed by atoms with Gasteiger partial charge in [0.25, 0.3) is 0 Å². The van der Waals surface area contributed by atoms with Crippen molar-refractivity contribution in [1.29, 1.82) is 0 Å². The summed E-state index contributed by atoms with van der Waals surface area (Å²) in [6.45, 7) is 1.30. The van der Waals surface area contributed by atoms with Crippen LogP contribution in [0.3, 0.4) is 0 Å². The fourth-order valence-corrected chi connectivity index (χ4v) is 5.27. The molecule has 1 heterocycles. The van der Waals surface area contributed by atoms with E-state index >= 15 is 0 Å². The maximum atomic E-state index is 12.7. The summed E-state index contributed by atoms with van der Waals surface area (Å²) in [5, 5.41) is 0. The molecule has 1 saturated heterocycles. The third-order valence-corrected chi connectivity index (χ3v) is 6.73. The monoisotopic (exact) mass is 294 g/mol. The molecule has 0 aromatic heterocycles. The largest absolute Gasteiger partial charge is 0.398 e. The summed E-state index contributed by atoms with van der Waals surface area (Å²) in [6.07, 6.45) is 5.98. The lowest BCUT2D eigenvalue weighted by molar-refractivity contribution is 0.136. The van der Waals surface area contributed by atoms with E-state index in [-0.39, 0.29) is 4.90 Å². The summed E-state index contributed by atoms with van der Waals surface area (Å²) in [4.78, 5) is 0.259. The number of piperidine rings is 1. The molecule has 1 aromatic carbocycles. The van der Waals surface area contributed by atoms with Crippen molar-refractivity contribution in [3.05, 3.63) is 24.3 Å². The van der Waals surface area contributed by atoms with Crippen LogP contribution in [0, 0.1) is 11.8 Å². The maximum Gasteiger partial charge on any atom is 0.245 e. The van der Waals surface area contributed by atoms with E-state index in [9.17, 15) is 8.42 Å². The molecule has 1 saturated carbocycles. The number of nitrogens with two attached hydrogens (primary N) is 1. The topological polar surface area (TPSA) is 63.4 Å². The van der Waals surface area contributed by atoms with E-state index < -0.39 is 10.0 Å². The van der Waals surface area contributed by atoms with E-state index in [1.807, 2.05) is 0 Å². The molecule has 3 rings (SSSR count). The highest BCUT2D eigenvalue weighted by Crippen LogP contribution is 2.38. The number of anilines is 1. The van der Waals surface area contributed by atoms with Crippen LogP contribution < -0.4 is 5.73 Å². The predicted octanol–water partition coefficient (Wildman–Crippen LogP) is 2.47. The smallest absolute Gasteiger partial charge is 0.245 e. The van der Waals surface area contributed by atoms with Gasteiger partial charge in [-0.1, -0.05) is 31.4 Å². The molecule has 4 nitrogen and oxygen atoms in total. The standard InChI is InChI=1S/C15H22N2O2S/c16-14-7-3-4-8-15(14)20(18,19)17-10-9-12-5-1-2-6-13(12)11-17/h3-4,7-8,12-13H,1-2,5-6,9-11,16H2. The minimum Gasteiger partial charge on any atom is -0.398 e. The zero-order valence-corrected chi connectivity index (χ0v) is 12.5. The highest BCUT2D eigenvalue weighted by atomic mass is 32.2. The van der Waals surface area contributed by atoms with Gasteiger partial charge in [-0.3, -0.25) is 0 Å². The molecule has 1 aromatic rings. The van der Waals surface area contributed by atoms with Crippen molar-refractivity contribution in [3.8, 4) is 0 Å². The Morgan fingerprint density at radius 1 is 1.05 bits per heavy atom. The van der Waals surface area contributed by atoms with Crippen molar-refractivity contribution in [2.75, 3.05) is 18.8 Å². The van der Waals surface area contributed by atoms with Crippen LogP contribution in [0.25, 0.3) is 0 Å². The van der Waals surface area contributed by atoms with Gasteiger partial charge in [-0.25, -0.2) is 8.42 Å². The average molecular weight is 294 g/mol. The molecule has 2 aliphatic rings. The summed E-state index contributed by atoms with van der Waals surface area (Å²) in [6, 6.07) is 6.76. The first-order valence-corrected chi connectivity index (χ1v) is 8.87. The van der Waals surface area contributed by atoms with Crippen LogP contribution in [0.5, 0.6) is 0 Å². The van der Waals surface area contributed by atoms with Crippen LogP contribution in [0.15, 0.2) is 29.2 Å². The van der Waals surface area contributed by atoms with Gasteiger partial charge in [0.1, 0.15) is 4.90 Å². The first kappa shape index (κ1) is 13.9. The normalized spacial score (nSPS) is 28.0. The number of nitrogens with zero attached hydrogens (tertiary/aromatic N) is 1. The molecule has 20 heavy (non-hydrogen) atoms. The Balaban J connectivity index is 1.84. The van der Waals surface area contributed by atoms with Crippen LogP contribution >= 0.6 is 0 Å². The summed E-state index contributed by atoms with van der Waals surface area (Å²) >= 11 is 0. The number of para-hydroxylation sites is 1. The molecule has 110 valence electrons. The van der Waals surface area contributed by atoms with Gasteiger partial charge >= 0.3 is 0 Å². The minimum atomic E-state index is -3.43. The fourth-order valence-electron chi connectivity index (χ4n) is 3.64. The van der Waals surface area contributed by atoms with Crippen LogP contribution in [-0.4, -0.2) is 25.8 Å². The molecule has 0 amide bonds. The highest BCUT2D eigenvalue weighted by molar-refractivity contribution is 7.89. The van der Waals surface area contributed by atoms with Crippen molar-refractivity contribution >= 4 is 15.7 Å². The molecule has 0 spiro atoms. The molecule has 0 radical (unpaired) electrons. The number of hydrogen-bond donors (Lipinski definition) is 1. The Kier molecular flexibility index (Phi) is 3.73. The van der Waals surface area contributed by atoms with Crippen molar-refractivity contribution in [2.45, 2.75) is 37.0 Å². The Hall–Kier alpha value is -1.07. The average Bonchev–Trinajstić information content (AvgIpc) is 2.47. The second-order valence-corrected chi connectivity index (χ2v) is 7.90. The molecule has 2 N–H and O–H groups in total. The molecule has 5 heteroatoms. The molecule has 1 aliphatic heterocycles. The van der Waals surface area contributed by atoms with Crippen molar-refractivity contribution in [2.24, 2.45) is 11.8 Å². The third-order valence-electron chi connectivity index (χ3n) is 4.79.